The summed E-state index contributed by atoms with van der Waals surface area (Å²) in [6.45, 7) is 4.04. The highest BCUT2D eigenvalue weighted by Gasteiger charge is 2.32. The van der Waals surface area contributed by atoms with Crippen LogP contribution in [0.2, 0.25) is 0 Å². The zero-order valence-corrected chi connectivity index (χ0v) is 18.0. The minimum Gasteiger partial charge on any atom is -0.493 e. The van der Waals surface area contributed by atoms with E-state index in [0.29, 0.717) is 47.8 Å². The average Bonchev–Trinajstić information content (AvgIpc) is 3.19. The van der Waals surface area contributed by atoms with E-state index in [0.717, 1.165) is 5.56 Å². The van der Waals surface area contributed by atoms with Crippen LogP contribution in [0.5, 0.6) is 11.5 Å². The van der Waals surface area contributed by atoms with Crippen molar-refractivity contribution in [1.82, 2.24) is 15.1 Å². The van der Waals surface area contributed by atoms with E-state index in [1.807, 2.05) is 25.1 Å². The molecule has 0 unspecified atom stereocenters. The van der Waals surface area contributed by atoms with Gasteiger partial charge in [-0.25, -0.2) is 8.42 Å². The number of sulfone groups is 1. The average molecular weight is 422 g/mol. The highest BCUT2D eigenvalue weighted by atomic mass is 32.2. The third-order valence-corrected chi connectivity index (χ3v) is 7.00. The van der Waals surface area contributed by atoms with Gasteiger partial charge in [-0.3, -0.25) is 9.48 Å². The second-order valence-corrected chi connectivity index (χ2v) is 9.47. The molecule has 1 N–H and O–H groups in total. The molecule has 1 aliphatic heterocycles. The third kappa shape index (κ3) is 4.55. The number of methoxy groups -OCH3 is 2. The van der Waals surface area contributed by atoms with E-state index in [1.54, 1.807) is 25.8 Å². The van der Waals surface area contributed by atoms with Gasteiger partial charge in [0, 0.05) is 12.2 Å². The van der Waals surface area contributed by atoms with Gasteiger partial charge in [0.15, 0.2) is 21.3 Å². The van der Waals surface area contributed by atoms with E-state index in [1.165, 1.54) is 0 Å². The first-order valence-electron chi connectivity index (χ1n) is 9.51. The number of amides is 1. The second-order valence-electron chi connectivity index (χ2n) is 7.24. The van der Waals surface area contributed by atoms with Gasteiger partial charge in [-0.2, -0.15) is 5.10 Å². The van der Waals surface area contributed by atoms with Gasteiger partial charge in [0.1, 0.15) is 0 Å². The minimum absolute atomic E-state index is 0.0787. The molecule has 1 fully saturated rings. The number of benzene rings is 1. The first-order valence-corrected chi connectivity index (χ1v) is 11.3. The van der Waals surface area contributed by atoms with Crippen LogP contribution in [-0.4, -0.2) is 56.4 Å². The maximum atomic E-state index is 12.7. The van der Waals surface area contributed by atoms with Crippen LogP contribution in [0.15, 0.2) is 18.2 Å². The fourth-order valence-electron chi connectivity index (χ4n) is 3.76. The van der Waals surface area contributed by atoms with Crippen molar-refractivity contribution in [3.63, 3.8) is 0 Å². The van der Waals surface area contributed by atoms with E-state index in [-0.39, 0.29) is 23.5 Å². The van der Waals surface area contributed by atoms with Crippen molar-refractivity contribution in [2.24, 2.45) is 0 Å². The molecule has 1 aromatic heterocycles. The van der Waals surface area contributed by atoms with Gasteiger partial charge in [0.2, 0.25) is 0 Å². The SMILES string of the molecule is COc1ccc(CCNC(=O)c2c(C)nn([C@H]3CCS(=O)(=O)C3)c2C)cc1OC. The van der Waals surface area contributed by atoms with Crippen LogP contribution in [0.4, 0.5) is 0 Å². The largest absolute Gasteiger partial charge is 0.493 e. The van der Waals surface area contributed by atoms with Crippen LogP contribution in [0.1, 0.15) is 39.8 Å². The molecule has 9 heteroatoms. The van der Waals surface area contributed by atoms with Crippen molar-refractivity contribution in [2.75, 3.05) is 32.3 Å². The predicted molar refractivity (Wildman–Crippen MR) is 110 cm³/mol. The Kier molecular flexibility index (Phi) is 6.16. The number of hydrogen-bond acceptors (Lipinski definition) is 6. The summed E-state index contributed by atoms with van der Waals surface area (Å²) in [5.74, 6) is 1.36. The lowest BCUT2D eigenvalue weighted by Crippen LogP contribution is -2.27. The Labute approximate surface area is 171 Å². The van der Waals surface area contributed by atoms with Gasteiger partial charge in [0.05, 0.1) is 43.0 Å². The summed E-state index contributed by atoms with van der Waals surface area (Å²) in [6, 6.07) is 5.46. The van der Waals surface area contributed by atoms with Crippen LogP contribution in [-0.2, 0) is 16.3 Å². The fraction of sp³-hybridized carbons (Fsp3) is 0.500. The molecule has 158 valence electrons. The number of aromatic nitrogens is 2. The van der Waals surface area contributed by atoms with Crippen molar-refractivity contribution >= 4 is 15.7 Å². The van der Waals surface area contributed by atoms with Crippen LogP contribution in [0, 0.1) is 13.8 Å². The zero-order chi connectivity index (χ0) is 21.2. The molecule has 1 amide bonds. The minimum atomic E-state index is -3.02. The van der Waals surface area contributed by atoms with Crippen LogP contribution in [0.25, 0.3) is 0 Å². The molecule has 0 aliphatic carbocycles. The number of carbonyl (C=O) groups excluding carboxylic acids is 1. The van der Waals surface area contributed by atoms with Crippen molar-refractivity contribution < 1.29 is 22.7 Å². The molecule has 0 spiro atoms. The van der Waals surface area contributed by atoms with Gasteiger partial charge < -0.3 is 14.8 Å². The van der Waals surface area contributed by atoms with Crippen molar-refractivity contribution in [3.8, 4) is 11.5 Å². The highest BCUT2D eigenvalue weighted by Crippen LogP contribution is 2.28. The topological polar surface area (TPSA) is 99.5 Å². The number of nitrogens with one attached hydrogen (secondary N) is 1. The Hall–Kier alpha value is -2.55. The lowest BCUT2D eigenvalue weighted by molar-refractivity contribution is 0.0952. The maximum Gasteiger partial charge on any atom is 0.255 e. The van der Waals surface area contributed by atoms with Gasteiger partial charge in [-0.05, 0) is 44.4 Å². The van der Waals surface area contributed by atoms with E-state index in [9.17, 15) is 13.2 Å². The van der Waals surface area contributed by atoms with Gasteiger partial charge in [-0.15, -0.1) is 0 Å². The molecule has 2 aromatic rings. The lowest BCUT2D eigenvalue weighted by atomic mass is 10.1. The molecular weight excluding hydrogens is 394 g/mol. The van der Waals surface area contributed by atoms with Gasteiger partial charge in [-0.1, -0.05) is 6.07 Å². The van der Waals surface area contributed by atoms with Gasteiger partial charge in [0.25, 0.3) is 5.91 Å². The zero-order valence-electron chi connectivity index (χ0n) is 17.2. The number of rotatable bonds is 7. The Balaban J connectivity index is 1.66. The molecule has 1 aliphatic rings. The molecule has 0 saturated carbocycles. The summed E-state index contributed by atoms with van der Waals surface area (Å²) in [5, 5.41) is 7.38. The van der Waals surface area contributed by atoms with Crippen LogP contribution in [0.3, 0.4) is 0 Å². The molecule has 1 aromatic carbocycles. The fourth-order valence-corrected chi connectivity index (χ4v) is 5.45. The maximum absolute atomic E-state index is 12.7. The molecule has 0 radical (unpaired) electrons. The lowest BCUT2D eigenvalue weighted by Gasteiger charge is -2.12. The Morgan fingerprint density at radius 3 is 2.59 bits per heavy atom. The van der Waals surface area contributed by atoms with E-state index >= 15 is 0 Å². The molecular formula is C20H27N3O5S. The first-order chi connectivity index (χ1) is 13.8. The first kappa shape index (κ1) is 21.2. The Morgan fingerprint density at radius 1 is 1.24 bits per heavy atom. The molecule has 1 atom stereocenters. The van der Waals surface area contributed by atoms with E-state index < -0.39 is 9.84 Å². The molecule has 0 bridgehead atoms. The number of carbonyl (C=O) groups is 1. The smallest absolute Gasteiger partial charge is 0.255 e. The van der Waals surface area contributed by atoms with Gasteiger partial charge >= 0.3 is 0 Å². The van der Waals surface area contributed by atoms with E-state index in [4.69, 9.17) is 9.47 Å². The Morgan fingerprint density at radius 2 is 1.97 bits per heavy atom. The number of nitrogens with zero attached hydrogens (tertiary/aromatic N) is 2. The summed E-state index contributed by atoms with van der Waals surface area (Å²) < 4.78 is 35.8. The van der Waals surface area contributed by atoms with Crippen molar-refractivity contribution in [3.05, 3.63) is 40.7 Å². The Bertz CT molecular complexity index is 1010. The predicted octanol–water partition coefficient (Wildman–Crippen LogP) is 1.85. The van der Waals surface area contributed by atoms with Crippen LogP contribution >= 0.6 is 0 Å². The summed E-state index contributed by atoms with van der Waals surface area (Å²) in [7, 11) is 0.152. The molecule has 8 nitrogen and oxygen atoms in total. The molecule has 2 heterocycles. The number of ether oxygens (including phenoxy) is 2. The van der Waals surface area contributed by atoms with E-state index in [2.05, 4.69) is 10.4 Å². The normalized spacial score (nSPS) is 17.9. The molecule has 29 heavy (non-hydrogen) atoms. The van der Waals surface area contributed by atoms with Crippen molar-refractivity contribution in [1.29, 1.82) is 0 Å². The summed E-state index contributed by atoms with van der Waals surface area (Å²) in [5.41, 5.74) is 2.84. The number of hydrogen-bond donors (Lipinski definition) is 1. The van der Waals surface area contributed by atoms with Crippen LogP contribution < -0.4 is 14.8 Å². The standard InChI is InChI=1S/C20H27N3O5S/c1-13-19(14(2)23(22-13)16-8-10-29(25,26)12-16)20(24)21-9-7-15-5-6-17(27-3)18(11-15)28-4/h5-6,11,16H,7-10,12H2,1-4H3,(H,21,24)/t16-/m0/s1. The number of aryl methyl sites for hydroxylation is 1. The quantitative estimate of drug-likeness (QED) is 0.732. The molecule has 1 saturated heterocycles. The third-order valence-electron chi connectivity index (χ3n) is 5.25. The molecule has 3 rings (SSSR count). The summed E-state index contributed by atoms with van der Waals surface area (Å²) in [4.78, 5) is 12.7. The van der Waals surface area contributed by atoms with Crippen molar-refractivity contribution in [2.45, 2.75) is 32.7 Å². The summed E-state index contributed by atoms with van der Waals surface area (Å²) in [6.07, 6.45) is 1.17. The summed E-state index contributed by atoms with van der Waals surface area (Å²) >= 11 is 0. The second kappa shape index (κ2) is 8.44. The highest BCUT2D eigenvalue weighted by molar-refractivity contribution is 7.91. The monoisotopic (exact) mass is 421 g/mol.